The number of alkyl halides is 3. The van der Waals surface area contributed by atoms with E-state index in [4.69, 9.17) is 28.6 Å². The monoisotopic (exact) mass is 536 g/mol. The fourth-order valence-corrected chi connectivity index (χ4v) is 5.72. The molecule has 0 aromatic carbocycles. The molecule has 34 heavy (non-hydrogen) atoms. The summed E-state index contributed by atoms with van der Waals surface area (Å²) in [6.45, 7) is 4.23. The van der Waals surface area contributed by atoms with Gasteiger partial charge in [0.25, 0.3) is 0 Å². The third-order valence-electron chi connectivity index (χ3n) is 5.61. The summed E-state index contributed by atoms with van der Waals surface area (Å²) in [5.41, 5.74) is 0.815. The standard InChI is InChI=1S/C22H28ClF3N4O2S2/c1-3-32-20(31)16-14-9-6-4-5-7-10-15(14)34-19(16)28-21(33)27-11-8-12-30-13(2)17(23)18(29-30)22(24,25)26/h3-12H2,1-2H3,(H2,27,28,33). The van der Waals surface area contributed by atoms with Crippen molar-refractivity contribution in [2.45, 2.75) is 71.5 Å². The molecule has 3 rings (SSSR count). The molecule has 2 aromatic rings. The summed E-state index contributed by atoms with van der Waals surface area (Å²) in [4.78, 5) is 13.9. The highest BCUT2D eigenvalue weighted by molar-refractivity contribution is 7.80. The van der Waals surface area contributed by atoms with Gasteiger partial charge in [-0.25, -0.2) is 4.79 Å². The largest absolute Gasteiger partial charge is 0.462 e. The normalized spacial score (nSPS) is 14.2. The van der Waals surface area contributed by atoms with Crippen LogP contribution in [0.4, 0.5) is 18.2 Å². The van der Waals surface area contributed by atoms with Crippen LogP contribution >= 0.6 is 35.2 Å². The Hall–Kier alpha value is -1.85. The predicted molar refractivity (Wildman–Crippen MR) is 132 cm³/mol. The zero-order valence-corrected chi connectivity index (χ0v) is 21.5. The van der Waals surface area contributed by atoms with Crippen LogP contribution in [-0.2, 0) is 30.3 Å². The molecule has 0 bridgehead atoms. The molecule has 6 nitrogen and oxygen atoms in total. The minimum absolute atomic E-state index is 0.249. The van der Waals surface area contributed by atoms with Gasteiger partial charge >= 0.3 is 12.1 Å². The summed E-state index contributed by atoms with van der Waals surface area (Å²) in [7, 11) is 0. The number of hydrogen-bond acceptors (Lipinski definition) is 5. The maximum Gasteiger partial charge on any atom is 0.436 e. The second kappa shape index (κ2) is 11.7. The molecular formula is C22H28ClF3N4O2S2. The highest BCUT2D eigenvalue weighted by Gasteiger charge is 2.38. The molecule has 0 unspecified atom stereocenters. The number of carbonyl (C=O) groups excluding carboxylic acids is 1. The van der Waals surface area contributed by atoms with E-state index >= 15 is 0 Å². The number of thiophene rings is 1. The van der Waals surface area contributed by atoms with E-state index in [1.165, 1.54) is 34.2 Å². The Bertz CT molecular complexity index is 1040. The maximum atomic E-state index is 13.0. The van der Waals surface area contributed by atoms with E-state index in [1.54, 1.807) is 6.92 Å². The fraction of sp³-hybridized carbons (Fsp3) is 0.591. The predicted octanol–water partition coefficient (Wildman–Crippen LogP) is 6.14. The molecular weight excluding hydrogens is 509 g/mol. The molecule has 0 saturated heterocycles. The van der Waals surface area contributed by atoms with E-state index in [0.717, 1.165) is 37.7 Å². The number of hydrogen-bond donors (Lipinski definition) is 2. The molecule has 12 heteroatoms. The molecule has 0 amide bonds. The first-order valence-electron chi connectivity index (χ1n) is 11.3. The number of aryl methyl sites for hydroxylation is 2. The van der Waals surface area contributed by atoms with Gasteiger partial charge in [0.15, 0.2) is 10.8 Å². The van der Waals surface area contributed by atoms with Gasteiger partial charge < -0.3 is 15.4 Å². The lowest BCUT2D eigenvalue weighted by Gasteiger charge is -2.13. The van der Waals surface area contributed by atoms with Gasteiger partial charge in [0, 0.05) is 18.0 Å². The second-order valence-electron chi connectivity index (χ2n) is 8.05. The molecule has 0 aliphatic heterocycles. The SMILES string of the molecule is CCOC(=O)c1c(NC(=S)NCCCn2nc(C(F)(F)F)c(Cl)c2C)sc2c1CCCCCC2. The van der Waals surface area contributed by atoms with E-state index in [9.17, 15) is 18.0 Å². The Morgan fingerprint density at radius 3 is 2.62 bits per heavy atom. The van der Waals surface area contributed by atoms with Crippen LogP contribution in [0.15, 0.2) is 0 Å². The van der Waals surface area contributed by atoms with E-state index in [0.29, 0.717) is 35.2 Å². The van der Waals surface area contributed by atoms with Crippen LogP contribution in [0.3, 0.4) is 0 Å². The Kier molecular flexibility index (Phi) is 9.22. The van der Waals surface area contributed by atoms with Crippen LogP contribution in [0.5, 0.6) is 0 Å². The highest BCUT2D eigenvalue weighted by Crippen LogP contribution is 2.38. The van der Waals surface area contributed by atoms with Gasteiger partial charge in [0.05, 0.1) is 22.9 Å². The summed E-state index contributed by atoms with van der Waals surface area (Å²) < 4.78 is 45.5. The van der Waals surface area contributed by atoms with Gasteiger partial charge in [-0.2, -0.15) is 18.3 Å². The number of rotatable bonds is 7. The molecule has 0 fully saturated rings. The summed E-state index contributed by atoms with van der Waals surface area (Å²) in [6, 6.07) is 0. The Labute approximate surface area is 211 Å². The third kappa shape index (κ3) is 6.42. The minimum atomic E-state index is -4.59. The second-order valence-corrected chi connectivity index (χ2v) is 9.94. The van der Waals surface area contributed by atoms with Crippen LogP contribution in [0.2, 0.25) is 5.02 Å². The highest BCUT2D eigenvalue weighted by atomic mass is 35.5. The zero-order chi connectivity index (χ0) is 24.9. The lowest BCUT2D eigenvalue weighted by Crippen LogP contribution is -2.30. The topological polar surface area (TPSA) is 68.2 Å². The van der Waals surface area contributed by atoms with Crippen molar-refractivity contribution in [2.24, 2.45) is 0 Å². The van der Waals surface area contributed by atoms with Crippen LogP contribution in [0, 0.1) is 6.92 Å². The van der Waals surface area contributed by atoms with Gasteiger partial charge in [-0.15, -0.1) is 11.3 Å². The average molecular weight is 537 g/mol. The number of aromatic nitrogens is 2. The lowest BCUT2D eigenvalue weighted by molar-refractivity contribution is -0.141. The number of fused-ring (bicyclic) bond motifs is 1. The van der Waals surface area contributed by atoms with E-state index in [2.05, 4.69) is 15.7 Å². The molecule has 0 atom stereocenters. The zero-order valence-electron chi connectivity index (χ0n) is 19.1. The van der Waals surface area contributed by atoms with E-state index < -0.39 is 11.9 Å². The van der Waals surface area contributed by atoms with Crippen molar-refractivity contribution in [2.75, 3.05) is 18.5 Å². The smallest absolute Gasteiger partial charge is 0.436 e. The Morgan fingerprint density at radius 2 is 1.97 bits per heavy atom. The summed E-state index contributed by atoms with van der Waals surface area (Å²) in [5, 5.41) is 10.4. The maximum absolute atomic E-state index is 13.0. The van der Waals surface area contributed by atoms with Gasteiger partial charge in [-0.1, -0.05) is 24.4 Å². The molecule has 1 aliphatic carbocycles. The van der Waals surface area contributed by atoms with E-state index in [-0.39, 0.29) is 23.2 Å². The van der Waals surface area contributed by atoms with Crippen molar-refractivity contribution in [3.63, 3.8) is 0 Å². The quantitative estimate of drug-likeness (QED) is 0.252. The third-order valence-corrected chi connectivity index (χ3v) is 7.52. The minimum Gasteiger partial charge on any atom is -0.462 e. The van der Waals surface area contributed by atoms with Crippen molar-refractivity contribution in [1.29, 1.82) is 0 Å². The number of nitrogens with one attached hydrogen (secondary N) is 2. The molecule has 0 spiro atoms. The molecule has 2 N–H and O–H groups in total. The van der Waals surface area contributed by atoms with Crippen LogP contribution < -0.4 is 10.6 Å². The molecule has 2 heterocycles. The molecule has 188 valence electrons. The van der Waals surface area contributed by atoms with Gasteiger partial charge in [0.2, 0.25) is 0 Å². The lowest BCUT2D eigenvalue weighted by atomic mass is 9.96. The number of thiocarbonyl (C=S) groups is 1. The van der Waals surface area contributed by atoms with Gasteiger partial charge in [-0.3, -0.25) is 4.68 Å². The number of esters is 1. The first-order valence-corrected chi connectivity index (χ1v) is 12.9. The van der Waals surface area contributed by atoms with Crippen molar-refractivity contribution in [3.8, 4) is 0 Å². The average Bonchev–Trinajstić information content (AvgIpc) is 3.22. The molecule has 0 saturated carbocycles. The van der Waals surface area contributed by atoms with Crippen molar-refractivity contribution in [1.82, 2.24) is 15.1 Å². The van der Waals surface area contributed by atoms with Gasteiger partial charge in [0.1, 0.15) is 5.00 Å². The van der Waals surface area contributed by atoms with Gasteiger partial charge in [-0.05, 0) is 63.7 Å². The number of nitrogens with zero attached hydrogens (tertiary/aromatic N) is 2. The van der Waals surface area contributed by atoms with Crippen molar-refractivity contribution in [3.05, 3.63) is 32.4 Å². The summed E-state index contributed by atoms with van der Waals surface area (Å²) in [6.07, 6.45) is 2.10. The number of carbonyl (C=O) groups is 1. The number of anilines is 1. The Balaban J connectivity index is 1.62. The number of ether oxygens (including phenoxy) is 1. The van der Waals surface area contributed by atoms with Crippen molar-refractivity contribution < 1.29 is 22.7 Å². The van der Waals surface area contributed by atoms with Crippen LogP contribution in [0.25, 0.3) is 0 Å². The summed E-state index contributed by atoms with van der Waals surface area (Å²) >= 11 is 12.7. The first-order chi connectivity index (χ1) is 16.1. The number of halogens is 4. The summed E-state index contributed by atoms with van der Waals surface area (Å²) in [5.74, 6) is -0.350. The molecule has 0 radical (unpaired) electrons. The van der Waals surface area contributed by atoms with Crippen molar-refractivity contribution >= 4 is 51.2 Å². The first kappa shape index (κ1) is 26.7. The van der Waals surface area contributed by atoms with Crippen LogP contribution in [-0.4, -0.2) is 34.0 Å². The van der Waals surface area contributed by atoms with E-state index in [1.807, 2.05) is 0 Å². The molecule has 2 aromatic heterocycles. The Morgan fingerprint density at radius 1 is 1.26 bits per heavy atom. The fourth-order valence-electron chi connectivity index (χ4n) is 3.93. The molecule has 1 aliphatic rings. The van der Waals surface area contributed by atoms with Crippen LogP contribution in [0.1, 0.15) is 71.2 Å².